The summed E-state index contributed by atoms with van der Waals surface area (Å²) >= 11 is 1.73. The van der Waals surface area contributed by atoms with Crippen LogP contribution in [0.4, 0.5) is 22.0 Å². The second-order valence-corrected chi connectivity index (χ2v) is 13.9. The predicted octanol–water partition coefficient (Wildman–Crippen LogP) is 11.7. The number of nitrogens with zero attached hydrogens (tertiary/aromatic N) is 1. The van der Waals surface area contributed by atoms with Gasteiger partial charge in [0.25, 0.3) is 0 Å². The lowest BCUT2D eigenvalue weighted by Crippen LogP contribution is -2.38. The van der Waals surface area contributed by atoms with Crippen molar-refractivity contribution >= 4 is 42.3 Å². The summed E-state index contributed by atoms with van der Waals surface area (Å²) in [6.07, 6.45) is -2.72. The van der Waals surface area contributed by atoms with Gasteiger partial charge in [0.1, 0.15) is 0 Å². The van der Waals surface area contributed by atoms with Crippen molar-refractivity contribution in [3.05, 3.63) is 77.5 Å². The number of thiophene rings is 1. The first-order valence-corrected chi connectivity index (χ1v) is 15.3. The third-order valence-electron chi connectivity index (χ3n) is 9.04. The molecule has 2 aromatic heterocycles. The van der Waals surface area contributed by atoms with Crippen molar-refractivity contribution in [1.29, 1.82) is 0 Å². The van der Waals surface area contributed by atoms with Gasteiger partial charge >= 0.3 is 12.1 Å². The molecule has 0 saturated heterocycles. The highest BCUT2D eigenvalue weighted by atomic mass is 32.1. The predicted molar refractivity (Wildman–Crippen MR) is 164 cm³/mol. The lowest BCUT2D eigenvalue weighted by atomic mass is 9.75. The van der Waals surface area contributed by atoms with Gasteiger partial charge in [0, 0.05) is 33.7 Å². The molecule has 42 heavy (non-hydrogen) atoms. The Morgan fingerprint density at radius 3 is 2.19 bits per heavy atom. The number of halogens is 5. The second-order valence-electron chi connectivity index (χ2n) is 12.9. The Morgan fingerprint density at radius 2 is 1.50 bits per heavy atom. The molecule has 6 rings (SSSR count). The molecule has 0 radical (unpaired) electrons. The molecule has 7 heteroatoms. The van der Waals surface area contributed by atoms with Crippen molar-refractivity contribution in [3.63, 3.8) is 0 Å². The van der Waals surface area contributed by atoms with E-state index in [4.69, 9.17) is 4.98 Å². The zero-order valence-electron chi connectivity index (χ0n) is 24.2. The molecule has 3 aromatic carbocycles. The maximum absolute atomic E-state index is 13.7. The maximum atomic E-state index is 13.7. The van der Waals surface area contributed by atoms with Gasteiger partial charge in [0.2, 0.25) is 0 Å². The highest BCUT2D eigenvalue weighted by Gasteiger charge is 2.57. The summed E-state index contributed by atoms with van der Waals surface area (Å²) < 4.78 is 67.9. The molecule has 1 aliphatic carbocycles. The van der Waals surface area contributed by atoms with Crippen LogP contribution in [-0.4, -0.2) is 17.1 Å². The Bertz CT molecular complexity index is 1790. The first-order chi connectivity index (χ1) is 19.7. The normalized spacial score (nSPS) is 18.8. The first-order valence-electron chi connectivity index (χ1n) is 14.5. The van der Waals surface area contributed by atoms with E-state index in [9.17, 15) is 22.0 Å². The van der Waals surface area contributed by atoms with E-state index in [0.29, 0.717) is 25.7 Å². The summed E-state index contributed by atoms with van der Waals surface area (Å²) in [5.41, 5.74) is 5.61. The average molecular weight is 596 g/mol. The molecule has 2 heterocycles. The van der Waals surface area contributed by atoms with Gasteiger partial charge in [-0.25, -0.2) is 0 Å². The molecule has 0 amide bonds. The fourth-order valence-electron chi connectivity index (χ4n) is 6.79. The molecule has 0 bridgehead atoms. The van der Waals surface area contributed by atoms with Crippen LogP contribution in [0.5, 0.6) is 0 Å². The van der Waals surface area contributed by atoms with Crippen molar-refractivity contribution in [2.24, 2.45) is 5.92 Å². The standard InChI is InChI=1S/C35H34F5NS/c1-20-25(22-11-9-21(10-12-22)19-34(36,37)35(38,39)40)13-14-27-28-15-16-41-30(32(28)42-31(20)27)24-17-23-7-5-6-8-26(23)29(18-24)33(2,3)4/h5-8,13-18,21-22H,9-12,19H2,1-4H3. The molecular formula is C35H34F5NS. The summed E-state index contributed by atoms with van der Waals surface area (Å²) in [6.45, 7) is 8.79. The summed E-state index contributed by atoms with van der Waals surface area (Å²) in [7, 11) is 0. The lowest BCUT2D eigenvalue weighted by molar-refractivity contribution is -0.288. The van der Waals surface area contributed by atoms with Gasteiger partial charge in [-0.05, 0) is 95.5 Å². The maximum Gasteiger partial charge on any atom is 0.453 e. The number of alkyl halides is 5. The zero-order valence-corrected chi connectivity index (χ0v) is 25.0. The smallest absolute Gasteiger partial charge is 0.255 e. The number of rotatable bonds is 4. The van der Waals surface area contributed by atoms with Crippen LogP contribution in [0.15, 0.2) is 60.8 Å². The third kappa shape index (κ3) is 5.08. The van der Waals surface area contributed by atoms with Crippen molar-refractivity contribution in [2.75, 3.05) is 0 Å². The van der Waals surface area contributed by atoms with Gasteiger partial charge in [-0.2, -0.15) is 22.0 Å². The van der Waals surface area contributed by atoms with Gasteiger partial charge in [-0.3, -0.25) is 4.98 Å². The Labute approximate surface area is 246 Å². The molecule has 220 valence electrons. The largest absolute Gasteiger partial charge is 0.453 e. The van der Waals surface area contributed by atoms with Gasteiger partial charge in [0.05, 0.1) is 10.4 Å². The van der Waals surface area contributed by atoms with Crippen molar-refractivity contribution in [3.8, 4) is 11.3 Å². The van der Waals surface area contributed by atoms with E-state index >= 15 is 0 Å². The highest BCUT2D eigenvalue weighted by molar-refractivity contribution is 7.26. The molecule has 1 saturated carbocycles. The Hall–Kier alpha value is -3.06. The van der Waals surface area contributed by atoms with Crippen molar-refractivity contribution < 1.29 is 22.0 Å². The van der Waals surface area contributed by atoms with E-state index < -0.39 is 24.4 Å². The number of fused-ring (bicyclic) bond motifs is 4. The van der Waals surface area contributed by atoms with Gasteiger partial charge < -0.3 is 0 Å². The zero-order chi connectivity index (χ0) is 30.0. The average Bonchev–Trinajstić information content (AvgIpc) is 3.32. The Morgan fingerprint density at radius 1 is 0.810 bits per heavy atom. The van der Waals surface area contributed by atoms with Crippen molar-refractivity contribution in [1.82, 2.24) is 4.98 Å². The molecule has 0 N–H and O–H groups in total. The number of hydrogen-bond donors (Lipinski definition) is 0. The highest BCUT2D eigenvalue weighted by Crippen LogP contribution is 2.48. The van der Waals surface area contributed by atoms with Crippen LogP contribution in [0.3, 0.4) is 0 Å². The molecule has 0 spiro atoms. The molecular weight excluding hydrogens is 561 g/mol. The fourth-order valence-corrected chi connectivity index (χ4v) is 8.11. The molecule has 1 fully saturated rings. The van der Waals surface area contributed by atoms with Crippen molar-refractivity contribution in [2.45, 2.75) is 83.2 Å². The third-order valence-corrected chi connectivity index (χ3v) is 10.4. The summed E-state index contributed by atoms with van der Waals surface area (Å²) in [4.78, 5) is 4.87. The molecule has 0 aliphatic heterocycles. The van der Waals surface area contributed by atoms with Crippen LogP contribution in [-0.2, 0) is 5.41 Å². The summed E-state index contributed by atoms with van der Waals surface area (Å²) in [5.74, 6) is -5.08. The van der Waals surface area contributed by atoms with Crippen LogP contribution in [0.1, 0.15) is 75.5 Å². The minimum Gasteiger partial charge on any atom is -0.255 e. The number of pyridine rings is 1. The molecule has 0 unspecified atom stereocenters. The van der Waals surface area contributed by atoms with E-state index in [0.717, 1.165) is 32.3 Å². The lowest BCUT2D eigenvalue weighted by Gasteiger charge is -2.32. The molecule has 1 nitrogen and oxygen atoms in total. The molecule has 0 atom stereocenters. The van der Waals surface area contributed by atoms with E-state index in [2.05, 4.69) is 82.3 Å². The number of benzene rings is 3. The summed E-state index contributed by atoms with van der Waals surface area (Å²) in [6, 6.07) is 19.3. The van der Waals surface area contributed by atoms with E-state index in [1.807, 2.05) is 6.20 Å². The Kier molecular flexibility index (Phi) is 7.11. The Balaban J connectivity index is 1.36. The van der Waals surface area contributed by atoms with Crippen LogP contribution >= 0.6 is 11.3 Å². The topological polar surface area (TPSA) is 12.9 Å². The van der Waals surface area contributed by atoms with Crippen LogP contribution < -0.4 is 0 Å². The fraction of sp³-hybridized carbons (Fsp3) is 0.400. The number of hydrogen-bond acceptors (Lipinski definition) is 2. The van der Waals surface area contributed by atoms with Gasteiger partial charge in [-0.1, -0.05) is 57.2 Å². The number of aromatic nitrogens is 1. The molecule has 5 aromatic rings. The van der Waals surface area contributed by atoms with Crippen LogP contribution in [0, 0.1) is 12.8 Å². The van der Waals surface area contributed by atoms with Crippen LogP contribution in [0.2, 0.25) is 0 Å². The SMILES string of the molecule is Cc1c(C2CCC(CC(F)(F)C(F)(F)F)CC2)ccc2c1sc1c(-c3cc(C(C)(C)C)c4ccccc4c3)nccc12. The van der Waals surface area contributed by atoms with E-state index in [1.54, 1.807) is 11.3 Å². The van der Waals surface area contributed by atoms with Crippen LogP contribution in [0.25, 0.3) is 42.2 Å². The van der Waals surface area contributed by atoms with Gasteiger partial charge in [-0.15, -0.1) is 11.3 Å². The van der Waals surface area contributed by atoms with Gasteiger partial charge in [0.15, 0.2) is 0 Å². The van der Waals surface area contributed by atoms with E-state index in [-0.39, 0.29) is 11.3 Å². The number of aryl methyl sites for hydroxylation is 1. The molecule has 1 aliphatic rings. The first kappa shape index (κ1) is 29.0. The van der Waals surface area contributed by atoms with E-state index in [1.165, 1.54) is 26.6 Å². The second kappa shape index (κ2) is 10.3. The minimum atomic E-state index is -5.48. The quantitative estimate of drug-likeness (QED) is 0.188. The minimum absolute atomic E-state index is 0.0448. The summed E-state index contributed by atoms with van der Waals surface area (Å²) in [5, 5.41) is 4.74. The monoisotopic (exact) mass is 595 g/mol.